The van der Waals surface area contributed by atoms with Crippen LogP contribution in [-0.2, 0) is 9.59 Å². The zero-order chi connectivity index (χ0) is 17.8. The van der Waals surface area contributed by atoms with Gasteiger partial charge in [-0.3, -0.25) is 14.4 Å². The van der Waals surface area contributed by atoms with Gasteiger partial charge in [0, 0.05) is 32.2 Å². The van der Waals surface area contributed by atoms with Crippen molar-refractivity contribution in [2.45, 2.75) is 31.8 Å². The van der Waals surface area contributed by atoms with Gasteiger partial charge in [0.1, 0.15) is 6.04 Å². The van der Waals surface area contributed by atoms with Crippen LogP contribution < -0.4 is 10.6 Å². The molecule has 2 N–H and O–H groups in total. The summed E-state index contributed by atoms with van der Waals surface area (Å²) in [4.78, 5) is 40.4. The zero-order valence-electron chi connectivity index (χ0n) is 14.8. The summed E-state index contributed by atoms with van der Waals surface area (Å²) in [5.41, 5.74) is 0. The molecule has 0 spiro atoms. The minimum Gasteiger partial charge on any atom is -0.459 e. The minimum absolute atomic E-state index is 0. The van der Waals surface area contributed by atoms with Gasteiger partial charge in [-0.1, -0.05) is 0 Å². The molecular formula is C17H25ClN4O4. The summed E-state index contributed by atoms with van der Waals surface area (Å²) < 4.78 is 5.04. The molecule has 2 aliphatic heterocycles. The third-order valence-electron chi connectivity index (χ3n) is 4.74. The van der Waals surface area contributed by atoms with Crippen molar-refractivity contribution >= 4 is 30.1 Å². The molecule has 8 nitrogen and oxygen atoms in total. The highest BCUT2D eigenvalue weighted by molar-refractivity contribution is 5.95. The Bertz CT molecular complexity index is 637. The topological polar surface area (TPSA) is 94.9 Å². The van der Waals surface area contributed by atoms with E-state index in [0.717, 1.165) is 19.4 Å². The lowest BCUT2D eigenvalue weighted by molar-refractivity contribution is -0.141. The highest BCUT2D eigenvalue weighted by Gasteiger charge is 2.33. The molecule has 0 aliphatic carbocycles. The first-order valence-corrected chi connectivity index (χ1v) is 8.69. The van der Waals surface area contributed by atoms with E-state index < -0.39 is 11.9 Å². The summed E-state index contributed by atoms with van der Waals surface area (Å²) in [6.45, 7) is 4.66. The van der Waals surface area contributed by atoms with Crippen LogP contribution in [0.25, 0.3) is 0 Å². The van der Waals surface area contributed by atoms with Crippen molar-refractivity contribution in [2.24, 2.45) is 0 Å². The second-order valence-electron chi connectivity index (χ2n) is 6.52. The fourth-order valence-corrected chi connectivity index (χ4v) is 3.43. The van der Waals surface area contributed by atoms with Crippen molar-refractivity contribution < 1.29 is 18.8 Å². The van der Waals surface area contributed by atoms with E-state index in [1.807, 2.05) is 4.90 Å². The molecule has 0 bridgehead atoms. The molecule has 0 saturated carbocycles. The minimum atomic E-state index is -0.643. The predicted octanol–water partition coefficient (Wildman–Crippen LogP) is 0.243. The van der Waals surface area contributed by atoms with Crippen LogP contribution in [0.2, 0.25) is 0 Å². The molecule has 0 radical (unpaired) electrons. The molecule has 2 atom stereocenters. The second kappa shape index (κ2) is 9.05. The second-order valence-corrected chi connectivity index (χ2v) is 6.52. The largest absolute Gasteiger partial charge is 0.459 e. The van der Waals surface area contributed by atoms with Gasteiger partial charge in [-0.05, 0) is 31.9 Å². The van der Waals surface area contributed by atoms with Crippen molar-refractivity contribution in [3.05, 3.63) is 24.2 Å². The van der Waals surface area contributed by atoms with Crippen molar-refractivity contribution in [1.82, 2.24) is 20.4 Å². The lowest BCUT2D eigenvalue weighted by Crippen LogP contribution is -2.59. The molecule has 2 aliphatic rings. The van der Waals surface area contributed by atoms with Gasteiger partial charge in [0.2, 0.25) is 11.8 Å². The monoisotopic (exact) mass is 384 g/mol. The number of piperazine rings is 1. The molecule has 3 rings (SSSR count). The van der Waals surface area contributed by atoms with Crippen LogP contribution in [0.3, 0.4) is 0 Å². The summed E-state index contributed by atoms with van der Waals surface area (Å²) in [7, 11) is 0. The van der Waals surface area contributed by atoms with E-state index in [1.165, 1.54) is 6.26 Å². The van der Waals surface area contributed by atoms with E-state index in [4.69, 9.17) is 4.42 Å². The maximum Gasteiger partial charge on any atom is 0.287 e. The molecule has 1 aromatic heterocycles. The molecule has 9 heteroatoms. The SMILES string of the molecule is CC(NC(=O)c1ccco1)C(=O)N1CCCC(N2CCNCC2=O)C1.Cl. The number of halogens is 1. The first kappa shape index (κ1) is 20.3. The number of amides is 3. The number of rotatable bonds is 4. The maximum absolute atomic E-state index is 12.7. The van der Waals surface area contributed by atoms with Crippen LogP contribution in [0, 0.1) is 0 Å². The Balaban J connectivity index is 0.00000243. The first-order valence-electron chi connectivity index (χ1n) is 8.69. The Kier molecular flexibility index (Phi) is 7.05. The van der Waals surface area contributed by atoms with Crippen molar-refractivity contribution in [3.8, 4) is 0 Å². The third kappa shape index (κ3) is 4.56. The van der Waals surface area contributed by atoms with Crippen LogP contribution in [0.5, 0.6) is 0 Å². The highest BCUT2D eigenvalue weighted by Crippen LogP contribution is 2.18. The zero-order valence-corrected chi connectivity index (χ0v) is 15.6. The third-order valence-corrected chi connectivity index (χ3v) is 4.74. The number of hydrogen-bond acceptors (Lipinski definition) is 5. The molecule has 2 fully saturated rings. The normalized spacial score (nSPS) is 21.7. The van der Waals surface area contributed by atoms with Gasteiger partial charge in [0.05, 0.1) is 12.8 Å². The fraction of sp³-hybridized carbons (Fsp3) is 0.588. The lowest BCUT2D eigenvalue weighted by atomic mass is 10.0. The van der Waals surface area contributed by atoms with Gasteiger partial charge in [-0.15, -0.1) is 12.4 Å². The summed E-state index contributed by atoms with van der Waals surface area (Å²) in [6.07, 6.45) is 3.18. The van der Waals surface area contributed by atoms with Gasteiger partial charge in [-0.2, -0.15) is 0 Å². The van der Waals surface area contributed by atoms with Gasteiger partial charge in [0.15, 0.2) is 5.76 Å². The number of piperidine rings is 1. The standard InChI is InChI=1S/C17H24N4O4.ClH/c1-12(19-16(23)14-5-3-9-25-14)17(24)20-7-2-4-13(11-20)21-8-6-18-10-15(21)22;/h3,5,9,12-13,18H,2,4,6-8,10-11H2,1H3,(H,19,23);1H. The van der Waals surface area contributed by atoms with Crippen LogP contribution in [0.1, 0.15) is 30.3 Å². The first-order chi connectivity index (χ1) is 12.1. The summed E-state index contributed by atoms with van der Waals surface area (Å²) in [5, 5.41) is 5.73. The number of carbonyl (C=O) groups is 3. The highest BCUT2D eigenvalue weighted by atomic mass is 35.5. The predicted molar refractivity (Wildman–Crippen MR) is 97.1 cm³/mol. The maximum atomic E-state index is 12.7. The van der Waals surface area contributed by atoms with Crippen LogP contribution >= 0.6 is 12.4 Å². The average molecular weight is 385 g/mol. The Morgan fingerprint density at radius 1 is 1.38 bits per heavy atom. The number of hydrogen-bond donors (Lipinski definition) is 2. The molecule has 2 unspecified atom stereocenters. The molecule has 3 heterocycles. The molecule has 0 aromatic carbocycles. The Morgan fingerprint density at radius 2 is 2.19 bits per heavy atom. The van der Waals surface area contributed by atoms with Crippen LogP contribution in [0.4, 0.5) is 0 Å². The molecule has 26 heavy (non-hydrogen) atoms. The number of nitrogens with one attached hydrogen (secondary N) is 2. The molecule has 144 valence electrons. The fourth-order valence-electron chi connectivity index (χ4n) is 3.43. The Hall–Kier alpha value is -2.06. The van der Waals surface area contributed by atoms with E-state index in [2.05, 4.69) is 10.6 Å². The molecule has 2 saturated heterocycles. The number of carbonyl (C=O) groups excluding carboxylic acids is 3. The van der Waals surface area contributed by atoms with E-state index in [9.17, 15) is 14.4 Å². The molecular weight excluding hydrogens is 360 g/mol. The summed E-state index contributed by atoms with van der Waals surface area (Å²) in [5.74, 6) is -0.267. The van der Waals surface area contributed by atoms with Crippen molar-refractivity contribution in [1.29, 1.82) is 0 Å². The number of likely N-dealkylation sites (tertiary alicyclic amines) is 1. The van der Waals surface area contributed by atoms with Crippen molar-refractivity contribution in [3.63, 3.8) is 0 Å². The van der Waals surface area contributed by atoms with Gasteiger partial charge in [-0.25, -0.2) is 0 Å². The Morgan fingerprint density at radius 3 is 2.88 bits per heavy atom. The summed E-state index contributed by atoms with van der Waals surface area (Å²) in [6, 6.07) is 2.59. The van der Waals surface area contributed by atoms with Gasteiger partial charge in [0.25, 0.3) is 5.91 Å². The van der Waals surface area contributed by atoms with Crippen LogP contribution in [-0.4, -0.2) is 72.3 Å². The van der Waals surface area contributed by atoms with Gasteiger partial charge >= 0.3 is 0 Å². The number of nitrogens with zero attached hydrogens (tertiary/aromatic N) is 2. The summed E-state index contributed by atoms with van der Waals surface area (Å²) >= 11 is 0. The van der Waals surface area contributed by atoms with E-state index in [-0.39, 0.29) is 36.0 Å². The van der Waals surface area contributed by atoms with Gasteiger partial charge < -0.3 is 24.9 Å². The average Bonchev–Trinajstić information content (AvgIpc) is 3.16. The van der Waals surface area contributed by atoms with Crippen molar-refractivity contribution in [2.75, 3.05) is 32.7 Å². The van der Waals surface area contributed by atoms with Crippen LogP contribution in [0.15, 0.2) is 22.8 Å². The van der Waals surface area contributed by atoms with E-state index in [0.29, 0.717) is 26.2 Å². The number of furan rings is 1. The molecule has 1 aromatic rings. The lowest BCUT2D eigenvalue weighted by Gasteiger charge is -2.41. The smallest absolute Gasteiger partial charge is 0.287 e. The quantitative estimate of drug-likeness (QED) is 0.775. The Labute approximate surface area is 158 Å². The van der Waals surface area contributed by atoms with E-state index >= 15 is 0 Å². The molecule has 3 amide bonds. The van der Waals surface area contributed by atoms with E-state index in [1.54, 1.807) is 24.0 Å².